The van der Waals surface area contributed by atoms with Crippen molar-refractivity contribution in [2.24, 2.45) is 11.7 Å². The zero-order chi connectivity index (χ0) is 22.6. The number of carbonyl (C=O) groups is 1. The lowest BCUT2D eigenvalue weighted by Crippen LogP contribution is -2.74. The van der Waals surface area contributed by atoms with Crippen LogP contribution in [-0.2, 0) is 9.53 Å². The Morgan fingerprint density at radius 2 is 1.97 bits per heavy atom. The van der Waals surface area contributed by atoms with Crippen LogP contribution in [0.15, 0.2) is 0 Å². The summed E-state index contributed by atoms with van der Waals surface area (Å²) in [5.41, 5.74) is 9.94. The number of ether oxygens (including phenoxy) is 1. The molecule has 0 aliphatic carbocycles. The van der Waals surface area contributed by atoms with E-state index in [-0.39, 0.29) is 29.4 Å². The summed E-state index contributed by atoms with van der Waals surface area (Å²) in [6, 6.07) is 1.16. The highest BCUT2D eigenvalue weighted by atomic mass is 35.5. The molecule has 6 atom stereocenters. The van der Waals surface area contributed by atoms with Gasteiger partial charge in [0, 0.05) is 51.4 Å². The van der Waals surface area contributed by atoms with E-state index in [0.717, 1.165) is 45.8 Å². The second-order valence-corrected chi connectivity index (χ2v) is 11.5. The number of hydrogen-bond acceptors (Lipinski definition) is 9. The summed E-state index contributed by atoms with van der Waals surface area (Å²) in [7, 11) is 0. The molecule has 6 N–H and O–H groups in total. The van der Waals surface area contributed by atoms with Crippen LogP contribution >= 0.6 is 11.6 Å². The van der Waals surface area contributed by atoms with E-state index >= 15 is 0 Å². The Kier molecular flexibility index (Phi) is 6.34. The summed E-state index contributed by atoms with van der Waals surface area (Å²) in [6.45, 7) is 8.47. The van der Waals surface area contributed by atoms with Crippen LogP contribution in [0.25, 0.3) is 0 Å². The third-order valence-electron chi connectivity index (χ3n) is 8.97. The van der Waals surface area contributed by atoms with Crippen LogP contribution < -0.4 is 27.1 Å². The fourth-order valence-corrected chi connectivity index (χ4v) is 7.23. The van der Waals surface area contributed by atoms with Crippen LogP contribution in [0.2, 0.25) is 0 Å². The Balaban J connectivity index is 1.06. The molecular formula is C22H39ClN8O2. The van der Waals surface area contributed by atoms with Gasteiger partial charge in [0.2, 0.25) is 5.91 Å². The predicted molar refractivity (Wildman–Crippen MR) is 125 cm³/mol. The molecule has 6 heterocycles. The first-order valence-electron chi connectivity index (χ1n) is 12.8. The smallest absolute Gasteiger partial charge is 0.229 e. The van der Waals surface area contributed by atoms with Gasteiger partial charge in [0.25, 0.3) is 0 Å². The number of hydrazine groups is 1. The first-order chi connectivity index (χ1) is 16.0. The number of nitrogens with two attached hydrogens (primary N) is 1. The summed E-state index contributed by atoms with van der Waals surface area (Å²) in [5, 5.41) is 12.3. The molecule has 0 aromatic carbocycles. The van der Waals surface area contributed by atoms with Gasteiger partial charge in [-0.2, -0.15) is 0 Å². The molecule has 6 rings (SSSR count). The molecule has 0 aromatic heterocycles. The fourth-order valence-electron chi connectivity index (χ4n) is 6.99. The highest BCUT2D eigenvalue weighted by Gasteiger charge is 2.53. The molecule has 6 saturated heterocycles. The number of halogens is 1. The normalized spacial score (nSPS) is 42.5. The van der Waals surface area contributed by atoms with Gasteiger partial charge >= 0.3 is 0 Å². The summed E-state index contributed by atoms with van der Waals surface area (Å²) in [6.07, 6.45) is 4.27. The Morgan fingerprint density at radius 1 is 1.15 bits per heavy atom. The number of amides is 1. The summed E-state index contributed by atoms with van der Waals surface area (Å²) in [5.74, 6) is -0.307. The monoisotopic (exact) mass is 482 g/mol. The minimum atomic E-state index is -0.408. The lowest BCUT2D eigenvalue weighted by atomic mass is 9.79. The van der Waals surface area contributed by atoms with Crippen LogP contribution in [0.4, 0.5) is 0 Å². The van der Waals surface area contributed by atoms with Crippen LogP contribution in [-0.4, -0.2) is 121 Å². The zero-order valence-electron chi connectivity index (χ0n) is 19.3. The lowest BCUT2D eigenvalue weighted by Gasteiger charge is -2.61. The number of hydrogen-bond donors (Lipinski definition) is 5. The molecule has 6 aliphatic heterocycles. The van der Waals surface area contributed by atoms with Crippen LogP contribution in [0.1, 0.15) is 25.7 Å². The zero-order valence-corrected chi connectivity index (χ0v) is 20.1. The minimum Gasteiger partial charge on any atom is -0.377 e. The standard InChI is InChI=1S/C22H39ClN8O2/c23-14-9-26-20-18(19(24)28-31(20)11-14)21(32)27-16-10-25-5-1-17(16)29-6-2-15(3-7-29)30-8-4-22(30)12-33-13-22/h14-20,25-26,28H,1-13,24H2,(H,27,32). The molecule has 6 unspecified atom stereocenters. The number of nitrogens with one attached hydrogen (secondary N) is 4. The Hall–Kier alpha value is -0.560. The van der Waals surface area contributed by atoms with Crippen molar-refractivity contribution in [1.82, 2.24) is 36.2 Å². The van der Waals surface area contributed by atoms with Crippen molar-refractivity contribution in [1.29, 1.82) is 0 Å². The first kappa shape index (κ1) is 22.9. The van der Waals surface area contributed by atoms with Crippen molar-refractivity contribution in [3.05, 3.63) is 0 Å². The average molecular weight is 483 g/mol. The molecule has 33 heavy (non-hydrogen) atoms. The van der Waals surface area contributed by atoms with E-state index < -0.39 is 6.17 Å². The number of carbonyl (C=O) groups excluding carboxylic acids is 1. The number of alkyl halides is 1. The van der Waals surface area contributed by atoms with E-state index in [9.17, 15) is 4.79 Å². The maximum absolute atomic E-state index is 13.4. The molecule has 0 aromatic rings. The molecule has 0 radical (unpaired) electrons. The summed E-state index contributed by atoms with van der Waals surface area (Å²) >= 11 is 6.28. The molecule has 1 amide bonds. The average Bonchev–Trinajstić information content (AvgIpc) is 3.08. The summed E-state index contributed by atoms with van der Waals surface area (Å²) in [4.78, 5) is 18.7. The molecule has 186 valence electrons. The largest absolute Gasteiger partial charge is 0.377 e. The molecule has 0 saturated carbocycles. The lowest BCUT2D eigenvalue weighted by molar-refractivity contribution is -0.211. The Bertz CT molecular complexity index is 728. The van der Waals surface area contributed by atoms with Crippen LogP contribution in [0.5, 0.6) is 0 Å². The number of fused-ring (bicyclic) bond motifs is 1. The van der Waals surface area contributed by atoms with E-state index in [1.165, 1.54) is 25.8 Å². The molecule has 10 nitrogen and oxygen atoms in total. The summed E-state index contributed by atoms with van der Waals surface area (Å²) < 4.78 is 5.53. The van der Waals surface area contributed by atoms with Crippen molar-refractivity contribution in [3.8, 4) is 0 Å². The molecule has 1 spiro atoms. The van der Waals surface area contributed by atoms with Gasteiger partial charge in [-0.15, -0.1) is 11.6 Å². The number of rotatable bonds is 4. The van der Waals surface area contributed by atoms with Crippen molar-refractivity contribution >= 4 is 17.5 Å². The molecule has 0 bridgehead atoms. The SMILES string of the molecule is NC1NN2CC(Cl)CNC2C1C(=O)NC1CNCCC1N1CCC(N2CCC23COC3)CC1. The molecule has 11 heteroatoms. The Labute approximate surface area is 201 Å². The van der Waals surface area contributed by atoms with E-state index in [0.29, 0.717) is 30.7 Å². The van der Waals surface area contributed by atoms with Crippen molar-refractivity contribution in [2.45, 2.75) is 67.1 Å². The minimum absolute atomic E-state index is 0.0144. The predicted octanol–water partition coefficient (Wildman–Crippen LogP) is -1.97. The topological polar surface area (TPSA) is 110 Å². The third-order valence-corrected chi connectivity index (χ3v) is 9.27. The molecule has 6 aliphatic rings. The van der Waals surface area contributed by atoms with Crippen LogP contribution in [0, 0.1) is 5.92 Å². The molecular weight excluding hydrogens is 444 g/mol. The van der Waals surface area contributed by atoms with E-state index in [2.05, 4.69) is 31.2 Å². The fraction of sp³-hybridized carbons (Fsp3) is 0.955. The number of piperidine rings is 2. The van der Waals surface area contributed by atoms with E-state index in [4.69, 9.17) is 22.1 Å². The third kappa shape index (κ3) is 4.11. The van der Waals surface area contributed by atoms with Gasteiger partial charge in [0.15, 0.2) is 0 Å². The first-order valence-corrected chi connectivity index (χ1v) is 13.2. The van der Waals surface area contributed by atoms with Crippen LogP contribution in [0.3, 0.4) is 0 Å². The highest BCUT2D eigenvalue weighted by Crippen LogP contribution is 2.41. The van der Waals surface area contributed by atoms with Gasteiger partial charge in [-0.25, -0.2) is 10.4 Å². The van der Waals surface area contributed by atoms with Gasteiger partial charge < -0.3 is 21.1 Å². The molecule has 6 fully saturated rings. The number of nitrogens with zero attached hydrogens (tertiary/aromatic N) is 3. The van der Waals surface area contributed by atoms with Crippen molar-refractivity contribution in [2.75, 3.05) is 59.0 Å². The van der Waals surface area contributed by atoms with E-state index in [1.807, 2.05) is 5.01 Å². The van der Waals surface area contributed by atoms with Crippen molar-refractivity contribution in [3.63, 3.8) is 0 Å². The van der Waals surface area contributed by atoms with Gasteiger partial charge in [0.05, 0.1) is 48.4 Å². The quantitative estimate of drug-likeness (QED) is 0.291. The van der Waals surface area contributed by atoms with Gasteiger partial charge in [-0.1, -0.05) is 0 Å². The van der Waals surface area contributed by atoms with Gasteiger partial charge in [-0.05, 0) is 32.2 Å². The van der Waals surface area contributed by atoms with Gasteiger partial charge in [-0.3, -0.25) is 19.9 Å². The second kappa shape index (κ2) is 9.15. The maximum atomic E-state index is 13.4. The maximum Gasteiger partial charge on any atom is 0.229 e. The van der Waals surface area contributed by atoms with E-state index in [1.54, 1.807) is 0 Å². The highest BCUT2D eigenvalue weighted by molar-refractivity contribution is 6.21. The van der Waals surface area contributed by atoms with Gasteiger partial charge in [0.1, 0.15) is 0 Å². The second-order valence-electron chi connectivity index (χ2n) is 10.9. The Morgan fingerprint density at radius 3 is 2.67 bits per heavy atom. The number of likely N-dealkylation sites (tertiary alicyclic amines) is 2. The van der Waals surface area contributed by atoms with Crippen molar-refractivity contribution < 1.29 is 9.53 Å².